The summed E-state index contributed by atoms with van der Waals surface area (Å²) < 4.78 is 5.86. The second-order valence-electron chi connectivity index (χ2n) is 5.62. The minimum atomic E-state index is 0.392. The van der Waals surface area contributed by atoms with Crippen molar-refractivity contribution in [3.8, 4) is 23.8 Å². The lowest BCUT2D eigenvalue weighted by molar-refractivity contribution is 0.459. The first-order valence-corrected chi connectivity index (χ1v) is 8.13. The van der Waals surface area contributed by atoms with Crippen LogP contribution in [0.4, 0.5) is 11.6 Å². The van der Waals surface area contributed by atoms with Gasteiger partial charge in [0.25, 0.3) is 0 Å². The summed E-state index contributed by atoms with van der Waals surface area (Å²) in [4.78, 5) is 8.53. The van der Waals surface area contributed by atoms with E-state index in [1.807, 2.05) is 31.2 Å². The molecule has 2 aromatic carbocycles. The summed E-state index contributed by atoms with van der Waals surface area (Å²) in [5.41, 5.74) is 3.21. The minimum Gasteiger partial charge on any atom is -0.439 e. The molecule has 1 N–H and O–H groups in total. The van der Waals surface area contributed by atoms with Crippen LogP contribution in [0.15, 0.2) is 60.8 Å². The van der Waals surface area contributed by atoms with Gasteiger partial charge in [-0.2, -0.15) is 15.5 Å². The summed E-state index contributed by atoms with van der Waals surface area (Å²) >= 11 is 0. The van der Waals surface area contributed by atoms with Crippen LogP contribution in [-0.2, 0) is 0 Å². The molecule has 0 saturated carbocycles. The van der Waals surface area contributed by atoms with E-state index in [4.69, 9.17) is 15.3 Å². The molecular formula is C21H15N5O. The number of ether oxygens (including phenoxy) is 1. The maximum atomic E-state index is 8.85. The predicted octanol–water partition coefficient (Wildman–Crippen LogP) is 4.73. The average Bonchev–Trinajstić information content (AvgIpc) is 2.69. The van der Waals surface area contributed by atoms with Crippen LogP contribution in [0, 0.1) is 29.6 Å². The van der Waals surface area contributed by atoms with E-state index in [1.165, 1.54) is 6.08 Å². The number of nitriles is 2. The Kier molecular flexibility index (Phi) is 5.42. The van der Waals surface area contributed by atoms with Crippen molar-refractivity contribution in [1.82, 2.24) is 9.97 Å². The van der Waals surface area contributed by atoms with E-state index >= 15 is 0 Å². The fourth-order valence-electron chi connectivity index (χ4n) is 2.35. The van der Waals surface area contributed by atoms with Crippen molar-refractivity contribution in [2.45, 2.75) is 6.92 Å². The number of aryl methyl sites for hydroxylation is 1. The zero-order valence-electron chi connectivity index (χ0n) is 14.5. The molecule has 0 bridgehead atoms. The molecule has 0 aliphatic heterocycles. The van der Waals surface area contributed by atoms with E-state index in [-0.39, 0.29) is 0 Å². The third-order valence-electron chi connectivity index (χ3n) is 3.66. The monoisotopic (exact) mass is 353 g/mol. The zero-order valence-corrected chi connectivity index (χ0v) is 14.5. The maximum absolute atomic E-state index is 8.85. The van der Waals surface area contributed by atoms with Gasteiger partial charge in [0, 0.05) is 24.0 Å². The van der Waals surface area contributed by atoms with Gasteiger partial charge < -0.3 is 10.1 Å². The van der Waals surface area contributed by atoms with Crippen molar-refractivity contribution < 1.29 is 4.74 Å². The van der Waals surface area contributed by atoms with E-state index in [0.29, 0.717) is 23.1 Å². The Labute approximate surface area is 157 Å². The van der Waals surface area contributed by atoms with E-state index in [9.17, 15) is 0 Å². The van der Waals surface area contributed by atoms with Gasteiger partial charge in [0.2, 0.25) is 11.8 Å². The van der Waals surface area contributed by atoms with Crippen LogP contribution < -0.4 is 10.1 Å². The SMILES string of the molecule is Cc1cc(C=CC#N)ccc1Oc1ccnc(Nc2ccc(C#N)cc2)n1. The molecule has 0 aliphatic rings. The van der Waals surface area contributed by atoms with Crippen molar-refractivity contribution in [2.24, 2.45) is 0 Å². The fraction of sp³-hybridized carbons (Fsp3) is 0.0476. The first kappa shape index (κ1) is 17.7. The highest BCUT2D eigenvalue weighted by atomic mass is 16.5. The number of nitrogens with one attached hydrogen (secondary N) is 1. The molecule has 0 atom stereocenters. The van der Waals surface area contributed by atoms with Gasteiger partial charge in [-0.3, -0.25) is 0 Å². The number of benzene rings is 2. The van der Waals surface area contributed by atoms with E-state index < -0.39 is 0 Å². The molecule has 1 aromatic heterocycles. The number of allylic oxidation sites excluding steroid dienone is 1. The Balaban J connectivity index is 1.75. The molecule has 3 rings (SSSR count). The molecule has 130 valence electrons. The Morgan fingerprint density at radius 3 is 2.59 bits per heavy atom. The van der Waals surface area contributed by atoms with E-state index in [0.717, 1.165) is 16.8 Å². The van der Waals surface area contributed by atoms with Crippen LogP contribution in [0.1, 0.15) is 16.7 Å². The Morgan fingerprint density at radius 1 is 1.07 bits per heavy atom. The second-order valence-corrected chi connectivity index (χ2v) is 5.62. The van der Waals surface area contributed by atoms with Crippen molar-refractivity contribution in [3.63, 3.8) is 0 Å². The topological polar surface area (TPSA) is 94.6 Å². The molecule has 0 aliphatic carbocycles. The largest absolute Gasteiger partial charge is 0.439 e. The maximum Gasteiger partial charge on any atom is 0.230 e. The van der Waals surface area contributed by atoms with Crippen LogP contribution >= 0.6 is 0 Å². The fourth-order valence-corrected chi connectivity index (χ4v) is 2.35. The van der Waals surface area contributed by atoms with Gasteiger partial charge in [-0.25, -0.2) is 4.98 Å². The van der Waals surface area contributed by atoms with Crippen molar-refractivity contribution >= 4 is 17.7 Å². The molecule has 0 fully saturated rings. The van der Waals surface area contributed by atoms with Gasteiger partial charge in [-0.05, 0) is 60.5 Å². The van der Waals surface area contributed by atoms with Crippen LogP contribution in [0.3, 0.4) is 0 Å². The van der Waals surface area contributed by atoms with Gasteiger partial charge in [-0.1, -0.05) is 6.07 Å². The summed E-state index contributed by atoms with van der Waals surface area (Å²) in [5, 5.41) is 20.5. The lowest BCUT2D eigenvalue weighted by Crippen LogP contribution is -1.98. The number of hydrogen-bond acceptors (Lipinski definition) is 6. The highest BCUT2D eigenvalue weighted by Crippen LogP contribution is 2.25. The number of aromatic nitrogens is 2. The second kappa shape index (κ2) is 8.28. The summed E-state index contributed by atoms with van der Waals surface area (Å²) in [5.74, 6) is 1.47. The zero-order chi connectivity index (χ0) is 19.1. The van der Waals surface area contributed by atoms with Gasteiger partial charge in [-0.15, -0.1) is 0 Å². The van der Waals surface area contributed by atoms with Crippen LogP contribution in [0.25, 0.3) is 6.08 Å². The van der Waals surface area contributed by atoms with Gasteiger partial charge in [0.15, 0.2) is 0 Å². The first-order valence-electron chi connectivity index (χ1n) is 8.13. The van der Waals surface area contributed by atoms with Crippen LogP contribution in [-0.4, -0.2) is 9.97 Å². The summed E-state index contributed by atoms with van der Waals surface area (Å²) in [6, 6.07) is 18.4. The molecule has 6 nitrogen and oxygen atoms in total. The summed E-state index contributed by atoms with van der Waals surface area (Å²) in [6.45, 7) is 1.93. The molecule has 0 radical (unpaired) electrons. The Hall–Kier alpha value is -4.16. The molecule has 3 aromatic rings. The van der Waals surface area contributed by atoms with Crippen LogP contribution in [0.2, 0.25) is 0 Å². The van der Waals surface area contributed by atoms with Gasteiger partial charge >= 0.3 is 0 Å². The lowest BCUT2D eigenvalue weighted by atomic mass is 10.1. The molecule has 0 amide bonds. The highest BCUT2D eigenvalue weighted by Gasteiger charge is 2.06. The lowest BCUT2D eigenvalue weighted by Gasteiger charge is -2.10. The molecule has 0 saturated heterocycles. The molecule has 1 heterocycles. The molecule has 6 heteroatoms. The summed E-state index contributed by atoms with van der Waals surface area (Å²) in [6.07, 6.45) is 4.77. The highest BCUT2D eigenvalue weighted by molar-refractivity contribution is 5.56. The average molecular weight is 353 g/mol. The quantitative estimate of drug-likeness (QED) is 0.666. The summed E-state index contributed by atoms with van der Waals surface area (Å²) in [7, 11) is 0. The smallest absolute Gasteiger partial charge is 0.230 e. The predicted molar refractivity (Wildman–Crippen MR) is 102 cm³/mol. The molecular weight excluding hydrogens is 338 g/mol. The van der Waals surface area contributed by atoms with Gasteiger partial charge in [0.1, 0.15) is 5.75 Å². The van der Waals surface area contributed by atoms with E-state index in [2.05, 4.69) is 21.4 Å². The number of nitrogens with zero attached hydrogens (tertiary/aromatic N) is 4. The Morgan fingerprint density at radius 2 is 1.89 bits per heavy atom. The number of rotatable bonds is 5. The molecule has 0 unspecified atom stereocenters. The van der Waals surface area contributed by atoms with E-state index in [1.54, 1.807) is 42.6 Å². The minimum absolute atomic E-state index is 0.392. The van der Waals surface area contributed by atoms with Crippen molar-refractivity contribution in [3.05, 3.63) is 77.5 Å². The Bertz CT molecular complexity index is 1060. The number of hydrogen-bond donors (Lipinski definition) is 1. The molecule has 0 spiro atoms. The third-order valence-corrected chi connectivity index (χ3v) is 3.66. The van der Waals surface area contributed by atoms with Crippen LogP contribution in [0.5, 0.6) is 11.6 Å². The molecule has 27 heavy (non-hydrogen) atoms. The third kappa shape index (κ3) is 4.68. The normalized spacial score (nSPS) is 10.2. The van der Waals surface area contributed by atoms with Gasteiger partial charge in [0.05, 0.1) is 17.7 Å². The number of anilines is 2. The van der Waals surface area contributed by atoms with Crippen molar-refractivity contribution in [1.29, 1.82) is 10.5 Å². The standard InChI is InChI=1S/C21H15N5O/c1-15-13-16(3-2-11-22)6-9-19(15)27-20-10-12-24-21(26-20)25-18-7-4-17(14-23)5-8-18/h2-10,12-13H,1H3,(H,24,25,26). The first-order chi connectivity index (χ1) is 13.2. The van der Waals surface area contributed by atoms with Crippen molar-refractivity contribution in [2.75, 3.05) is 5.32 Å².